The normalized spacial score (nSPS) is 10.3. The number of thioether (sulfide) groups is 1. The summed E-state index contributed by atoms with van der Waals surface area (Å²) < 4.78 is 1.50. The molecule has 0 aliphatic rings. The molecule has 9 heteroatoms. The fourth-order valence-corrected chi connectivity index (χ4v) is 2.24. The van der Waals surface area contributed by atoms with Crippen LogP contribution in [0.25, 0.3) is 0 Å². The predicted octanol–water partition coefficient (Wildman–Crippen LogP) is 1.29. The van der Waals surface area contributed by atoms with Crippen molar-refractivity contribution in [2.24, 2.45) is 7.05 Å². The lowest BCUT2D eigenvalue weighted by molar-refractivity contribution is -0.116. The van der Waals surface area contributed by atoms with Gasteiger partial charge in [0, 0.05) is 24.8 Å². The van der Waals surface area contributed by atoms with Crippen LogP contribution in [0.3, 0.4) is 0 Å². The Bertz CT molecular complexity index is 672. The molecule has 22 heavy (non-hydrogen) atoms. The van der Waals surface area contributed by atoms with Crippen LogP contribution in [0.1, 0.15) is 13.3 Å². The highest BCUT2D eigenvalue weighted by Crippen LogP contribution is 2.17. The maximum absolute atomic E-state index is 11.9. The lowest BCUT2D eigenvalue weighted by Crippen LogP contribution is -2.15. The highest BCUT2D eigenvalue weighted by Gasteiger charge is 2.08. The molecule has 0 aliphatic heterocycles. The van der Waals surface area contributed by atoms with Crippen molar-refractivity contribution in [2.45, 2.75) is 18.5 Å². The van der Waals surface area contributed by atoms with E-state index in [9.17, 15) is 9.59 Å². The van der Waals surface area contributed by atoms with Crippen LogP contribution in [-0.4, -0.2) is 37.8 Å². The minimum absolute atomic E-state index is 0.0752. The van der Waals surface area contributed by atoms with Crippen molar-refractivity contribution in [3.8, 4) is 0 Å². The molecule has 8 nitrogen and oxygen atoms in total. The summed E-state index contributed by atoms with van der Waals surface area (Å²) >= 11 is 1.24. The van der Waals surface area contributed by atoms with Crippen LogP contribution < -0.4 is 10.6 Å². The maximum Gasteiger partial charge on any atom is 0.234 e. The van der Waals surface area contributed by atoms with Gasteiger partial charge in [0.2, 0.25) is 17.0 Å². The summed E-state index contributed by atoms with van der Waals surface area (Å²) in [5, 5.41) is 17.1. The van der Waals surface area contributed by atoms with Crippen LogP contribution in [0.2, 0.25) is 0 Å². The first-order chi connectivity index (χ1) is 10.6. The second kappa shape index (κ2) is 7.55. The molecule has 2 aromatic rings. The van der Waals surface area contributed by atoms with Crippen molar-refractivity contribution >= 4 is 35.0 Å². The van der Waals surface area contributed by atoms with Crippen LogP contribution in [0.15, 0.2) is 29.4 Å². The molecule has 1 aromatic carbocycles. The van der Waals surface area contributed by atoms with Gasteiger partial charge in [-0.1, -0.05) is 24.8 Å². The largest absolute Gasteiger partial charge is 0.326 e. The Balaban J connectivity index is 1.90. The van der Waals surface area contributed by atoms with Crippen molar-refractivity contribution in [3.63, 3.8) is 0 Å². The third-order valence-corrected chi connectivity index (χ3v) is 3.68. The lowest BCUT2D eigenvalue weighted by atomic mass is 10.2. The molecule has 2 amide bonds. The smallest absolute Gasteiger partial charge is 0.234 e. The van der Waals surface area contributed by atoms with Crippen LogP contribution in [0.4, 0.5) is 11.4 Å². The molecule has 0 radical (unpaired) electrons. The number of carbonyl (C=O) groups excluding carboxylic acids is 2. The summed E-state index contributed by atoms with van der Waals surface area (Å²) in [4.78, 5) is 23.3. The molecule has 2 rings (SSSR count). The zero-order valence-corrected chi connectivity index (χ0v) is 13.1. The fourth-order valence-electron chi connectivity index (χ4n) is 1.59. The zero-order valence-electron chi connectivity index (χ0n) is 12.2. The Kier molecular flexibility index (Phi) is 5.48. The Morgan fingerprint density at radius 1 is 1.23 bits per heavy atom. The Hall–Kier alpha value is -2.42. The van der Waals surface area contributed by atoms with E-state index in [2.05, 4.69) is 26.2 Å². The molecule has 1 aromatic heterocycles. The average molecular weight is 320 g/mol. The van der Waals surface area contributed by atoms with Crippen molar-refractivity contribution in [1.82, 2.24) is 20.2 Å². The van der Waals surface area contributed by atoms with Crippen molar-refractivity contribution < 1.29 is 9.59 Å². The first-order valence-corrected chi connectivity index (χ1v) is 7.62. The number of aromatic nitrogens is 4. The standard InChI is InChI=1S/C13H16N6O2S/c1-3-11(20)14-9-5-4-6-10(7-9)15-12(21)8-22-13-16-17-18-19(13)2/h4-7H,3,8H2,1-2H3,(H,14,20)(H,15,21). The monoisotopic (exact) mass is 320 g/mol. The molecule has 2 N–H and O–H groups in total. The van der Waals surface area contributed by atoms with Gasteiger partial charge in [-0.15, -0.1) is 5.10 Å². The second-order valence-corrected chi connectivity index (χ2v) is 5.35. The fraction of sp³-hybridized carbons (Fsp3) is 0.308. The van der Waals surface area contributed by atoms with Crippen molar-refractivity contribution in [3.05, 3.63) is 24.3 Å². The topological polar surface area (TPSA) is 102 Å². The van der Waals surface area contributed by atoms with Gasteiger partial charge in [0.25, 0.3) is 0 Å². The van der Waals surface area contributed by atoms with Gasteiger partial charge < -0.3 is 10.6 Å². The van der Waals surface area contributed by atoms with E-state index in [4.69, 9.17) is 0 Å². The predicted molar refractivity (Wildman–Crippen MR) is 83.5 cm³/mol. The Labute approximate surface area is 131 Å². The number of hydrogen-bond donors (Lipinski definition) is 2. The number of carbonyl (C=O) groups is 2. The number of benzene rings is 1. The molecule has 0 unspecified atom stereocenters. The second-order valence-electron chi connectivity index (χ2n) is 4.40. The van der Waals surface area contributed by atoms with E-state index >= 15 is 0 Å². The van der Waals surface area contributed by atoms with Crippen LogP contribution in [0, 0.1) is 0 Å². The first kappa shape index (κ1) is 16.0. The minimum Gasteiger partial charge on any atom is -0.326 e. The molecule has 0 atom stereocenters. The third kappa shape index (κ3) is 4.55. The molecule has 0 aliphatic carbocycles. The molecule has 116 valence electrons. The maximum atomic E-state index is 11.9. The summed E-state index contributed by atoms with van der Waals surface area (Å²) in [5.41, 5.74) is 1.27. The Morgan fingerprint density at radius 3 is 2.50 bits per heavy atom. The number of aryl methyl sites for hydroxylation is 1. The SMILES string of the molecule is CCC(=O)Nc1cccc(NC(=O)CSc2nnnn2C)c1. The van der Waals surface area contributed by atoms with Crippen LogP contribution >= 0.6 is 11.8 Å². The third-order valence-electron chi connectivity index (χ3n) is 2.66. The number of nitrogens with zero attached hydrogens (tertiary/aromatic N) is 4. The molecule has 0 bridgehead atoms. The van der Waals surface area contributed by atoms with Crippen LogP contribution in [-0.2, 0) is 16.6 Å². The van der Waals surface area contributed by atoms with Gasteiger partial charge in [-0.3, -0.25) is 9.59 Å². The number of anilines is 2. The van der Waals surface area contributed by atoms with Gasteiger partial charge in [-0.05, 0) is 28.6 Å². The van der Waals surface area contributed by atoms with Gasteiger partial charge in [0.1, 0.15) is 0 Å². The summed E-state index contributed by atoms with van der Waals surface area (Å²) in [6, 6.07) is 7.00. The number of hydrogen-bond acceptors (Lipinski definition) is 6. The van der Waals surface area contributed by atoms with E-state index < -0.39 is 0 Å². The summed E-state index contributed by atoms with van der Waals surface area (Å²) in [7, 11) is 1.71. The quantitative estimate of drug-likeness (QED) is 0.778. The molecule has 0 spiro atoms. The van der Waals surface area contributed by atoms with E-state index in [1.807, 2.05) is 0 Å². The van der Waals surface area contributed by atoms with Gasteiger partial charge in [-0.2, -0.15) is 0 Å². The van der Waals surface area contributed by atoms with E-state index in [1.165, 1.54) is 16.4 Å². The van der Waals surface area contributed by atoms with E-state index in [-0.39, 0.29) is 17.6 Å². The van der Waals surface area contributed by atoms with Crippen LogP contribution in [0.5, 0.6) is 0 Å². The highest BCUT2D eigenvalue weighted by molar-refractivity contribution is 7.99. The number of rotatable bonds is 6. The summed E-state index contributed by atoms with van der Waals surface area (Å²) in [6.45, 7) is 1.78. The summed E-state index contributed by atoms with van der Waals surface area (Å²) in [5.74, 6) is -0.0551. The van der Waals surface area contributed by atoms with E-state index in [0.29, 0.717) is 23.0 Å². The first-order valence-electron chi connectivity index (χ1n) is 6.63. The van der Waals surface area contributed by atoms with E-state index in [1.54, 1.807) is 38.2 Å². The molecule has 0 fully saturated rings. The molecule has 0 saturated carbocycles. The number of amides is 2. The molecular formula is C13H16N6O2S. The molecular weight excluding hydrogens is 304 g/mol. The minimum atomic E-state index is -0.174. The molecule has 1 heterocycles. The van der Waals surface area contributed by atoms with Gasteiger partial charge >= 0.3 is 0 Å². The number of nitrogens with one attached hydrogen (secondary N) is 2. The summed E-state index contributed by atoms with van der Waals surface area (Å²) in [6.07, 6.45) is 0.402. The zero-order chi connectivity index (χ0) is 15.9. The lowest BCUT2D eigenvalue weighted by Gasteiger charge is -2.08. The van der Waals surface area contributed by atoms with Gasteiger partial charge in [0.05, 0.1) is 5.75 Å². The number of tetrazole rings is 1. The van der Waals surface area contributed by atoms with E-state index in [0.717, 1.165) is 0 Å². The average Bonchev–Trinajstić information content (AvgIpc) is 2.90. The molecule has 0 saturated heterocycles. The van der Waals surface area contributed by atoms with Crippen molar-refractivity contribution in [2.75, 3.05) is 16.4 Å². The Morgan fingerprint density at radius 2 is 1.91 bits per heavy atom. The van der Waals surface area contributed by atoms with Crippen molar-refractivity contribution in [1.29, 1.82) is 0 Å². The van der Waals surface area contributed by atoms with Gasteiger partial charge in [-0.25, -0.2) is 4.68 Å². The highest BCUT2D eigenvalue weighted by atomic mass is 32.2. The van der Waals surface area contributed by atoms with Gasteiger partial charge in [0.15, 0.2) is 0 Å².